The second-order valence-corrected chi connectivity index (χ2v) is 5.55. The quantitative estimate of drug-likeness (QED) is 0.762. The Morgan fingerprint density at radius 3 is 2.81 bits per heavy atom. The van der Waals surface area contributed by atoms with E-state index in [1.165, 1.54) is 11.3 Å². The maximum atomic E-state index is 11.9. The third kappa shape index (κ3) is 3.77. The highest BCUT2D eigenvalue weighted by atomic mass is 35.5. The van der Waals surface area contributed by atoms with Gasteiger partial charge in [0.05, 0.1) is 16.9 Å². The molecular weight excluding hydrogens is 246 g/mol. The van der Waals surface area contributed by atoms with Crippen LogP contribution >= 0.6 is 22.9 Å². The van der Waals surface area contributed by atoms with E-state index in [2.05, 4.69) is 0 Å². The van der Waals surface area contributed by atoms with E-state index in [-0.39, 0.29) is 11.3 Å². The van der Waals surface area contributed by atoms with E-state index in [9.17, 15) is 4.79 Å². The number of ether oxygens (including phenoxy) is 1. The van der Waals surface area contributed by atoms with Crippen molar-refractivity contribution in [3.63, 3.8) is 0 Å². The molecule has 5 heteroatoms. The molecule has 90 valence electrons. The SMILES string of the molecule is COCC(Cl)CN(C)C(=O)c1ccc(C)s1. The number of aryl methyl sites for hydroxylation is 1. The zero-order valence-corrected chi connectivity index (χ0v) is 11.3. The average Bonchev–Trinajstić information content (AvgIpc) is 2.64. The summed E-state index contributed by atoms with van der Waals surface area (Å²) in [6.45, 7) is 2.92. The van der Waals surface area contributed by atoms with Gasteiger partial charge in [-0.2, -0.15) is 0 Å². The first-order valence-electron chi connectivity index (χ1n) is 4.99. The second kappa shape index (κ2) is 6.23. The molecule has 1 aromatic heterocycles. The van der Waals surface area contributed by atoms with Crippen LogP contribution in [0.25, 0.3) is 0 Å². The first-order chi connectivity index (χ1) is 7.54. The van der Waals surface area contributed by atoms with Gasteiger partial charge in [0.25, 0.3) is 5.91 Å². The van der Waals surface area contributed by atoms with Crippen LogP contribution in [0.2, 0.25) is 0 Å². The first-order valence-corrected chi connectivity index (χ1v) is 6.24. The molecule has 0 N–H and O–H groups in total. The lowest BCUT2D eigenvalue weighted by molar-refractivity contribution is 0.0786. The van der Waals surface area contributed by atoms with Crippen LogP contribution in [0.4, 0.5) is 0 Å². The third-order valence-electron chi connectivity index (χ3n) is 2.12. The normalized spacial score (nSPS) is 12.5. The zero-order chi connectivity index (χ0) is 12.1. The molecule has 0 fully saturated rings. The molecule has 0 aliphatic heterocycles. The van der Waals surface area contributed by atoms with Crippen LogP contribution in [0.1, 0.15) is 14.5 Å². The van der Waals surface area contributed by atoms with Crippen LogP contribution in [0, 0.1) is 6.92 Å². The molecule has 1 heterocycles. The summed E-state index contributed by atoms with van der Waals surface area (Å²) >= 11 is 7.50. The van der Waals surface area contributed by atoms with Gasteiger partial charge < -0.3 is 9.64 Å². The Morgan fingerprint density at radius 1 is 1.62 bits per heavy atom. The highest BCUT2D eigenvalue weighted by molar-refractivity contribution is 7.13. The number of carbonyl (C=O) groups excluding carboxylic acids is 1. The lowest BCUT2D eigenvalue weighted by Gasteiger charge is -2.19. The number of hydrogen-bond acceptors (Lipinski definition) is 3. The van der Waals surface area contributed by atoms with Gasteiger partial charge in [0.15, 0.2) is 0 Å². The molecule has 1 rings (SSSR count). The zero-order valence-electron chi connectivity index (χ0n) is 9.70. The molecule has 3 nitrogen and oxygen atoms in total. The fraction of sp³-hybridized carbons (Fsp3) is 0.545. The smallest absolute Gasteiger partial charge is 0.263 e. The Morgan fingerprint density at radius 2 is 2.31 bits per heavy atom. The number of halogens is 1. The molecule has 0 radical (unpaired) electrons. The van der Waals surface area contributed by atoms with Crippen LogP contribution < -0.4 is 0 Å². The Balaban J connectivity index is 2.54. The lowest BCUT2D eigenvalue weighted by Crippen LogP contribution is -2.33. The predicted octanol–water partition coefficient (Wildman–Crippen LogP) is 2.38. The largest absolute Gasteiger partial charge is 0.383 e. The van der Waals surface area contributed by atoms with Crippen LogP contribution in [-0.2, 0) is 4.74 Å². The van der Waals surface area contributed by atoms with Gasteiger partial charge in [-0.1, -0.05) is 0 Å². The van der Waals surface area contributed by atoms with Crippen molar-refractivity contribution in [2.24, 2.45) is 0 Å². The molecule has 0 spiro atoms. The van der Waals surface area contributed by atoms with E-state index < -0.39 is 0 Å². The van der Waals surface area contributed by atoms with Gasteiger partial charge in [-0.25, -0.2) is 0 Å². The highest BCUT2D eigenvalue weighted by Gasteiger charge is 2.16. The summed E-state index contributed by atoms with van der Waals surface area (Å²) in [7, 11) is 3.35. The van der Waals surface area contributed by atoms with E-state index in [0.717, 1.165) is 9.75 Å². The minimum absolute atomic E-state index is 0.0138. The van der Waals surface area contributed by atoms with Gasteiger partial charge in [0.1, 0.15) is 0 Å². The van der Waals surface area contributed by atoms with Crippen molar-refractivity contribution in [1.82, 2.24) is 4.90 Å². The summed E-state index contributed by atoms with van der Waals surface area (Å²) in [5, 5.41) is -0.167. The summed E-state index contributed by atoms with van der Waals surface area (Å²) < 4.78 is 4.93. The average molecular weight is 262 g/mol. The van der Waals surface area contributed by atoms with Crippen molar-refractivity contribution in [2.45, 2.75) is 12.3 Å². The van der Waals surface area contributed by atoms with Crippen molar-refractivity contribution in [3.8, 4) is 0 Å². The Bertz CT molecular complexity index is 354. The summed E-state index contributed by atoms with van der Waals surface area (Å²) in [4.78, 5) is 15.4. The number of rotatable bonds is 5. The van der Waals surface area contributed by atoms with Gasteiger partial charge in [-0.15, -0.1) is 22.9 Å². The molecule has 1 atom stereocenters. The van der Waals surface area contributed by atoms with E-state index in [1.54, 1.807) is 19.1 Å². The topological polar surface area (TPSA) is 29.5 Å². The Hall–Kier alpha value is -0.580. The molecule has 0 bridgehead atoms. The maximum Gasteiger partial charge on any atom is 0.263 e. The minimum atomic E-state index is -0.167. The first kappa shape index (κ1) is 13.5. The number of carbonyl (C=O) groups is 1. The Kier molecular flexibility index (Phi) is 5.25. The summed E-state index contributed by atoms with van der Waals surface area (Å²) in [6, 6.07) is 3.79. The van der Waals surface area contributed by atoms with Crippen molar-refractivity contribution in [1.29, 1.82) is 0 Å². The molecule has 0 aliphatic carbocycles. The predicted molar refractivity (Wildman–Crippen MR) is 67.5 cm³/mol. The molecule has 1 aromatic rings. The molecule has 0 aromatic carbocycles. The maximum absolute atomic E-state index is 11.9. The number of nitrogens with zero attached hydrogens (tertiary/aromatic N) is 1. The number of thiophene rings is 1. The minimum Gasteiger partial charge on any atom is -0.383 e. The molecule has 1 amide bonds. The number of methoxy groups -OCH3 is 1. The second-order valence-electron chi connectivity index (χ2n) is 3.65. The third-order valence-corrected chi connectivity index (χ3v) is 3.37. The molecule has 1 unspecified atom stereocenters. The molecule has 0 saturated heterocycles. The van der Waals surface area contributed by atoms with Gasteiger partial charge in [0, 0.05) is 25.6 Å². The van der Waals surface area contributed by atoms with Gasteiger partial charge in [0.2, 0.25) is 0 Å². The van der Waals surface area contributed by atoms with Crippen LogP contribution in [0.3, 0.4) is 0 Å². The van der Waals surface area contributed by atoms with Crippen LogP contribution in [-0.4, -0.2) is 43.5 Å². The van der Waals surface area contributed by atoms with Gasteiger partial charge in [-0.3, -0.25) is 4.79 Å². The number of hydrogen-bond donors (Lipinski definition) is 0. The molecule has 0 saturated carbocycles. The number of alkyl halides is 1. The van der Waals surface area contributed by atoms with Crippen molar-refractivity contribution < 1.29 is 9.53 Å². The lowest BCUT2D eigenvalue weighted by atomic mass is 10.3. The van der Waals surface area contributed by atoms with E-state index in [1.807, 2.05) is 19.1 Å². The summed E-state index contributed by atoms with van der Waals surface area (Å²) in [5.74, 6) is 0.0138. The number of amides is 1. The van der Waals surface area contributed by atoms with Gasteiger partial charge in [-0.05, 0) is 19.1 Å². The van der Waals surface area contributed by atoms with Crippen LogP contribution in [0.15, 0.2) is 12.1 Å². The molecule has 16 heavy (non-hydrogen) atoms. The van der Waals surface area contributed by atoms with E-state index in [4.69, 9.17) is 16.3 Å². The van der Waals surface area contributed by atoms with Crippen LogP contribution in [0.5, 0.6) is 0 Å². The fourth-order valence-electron chi connectivity index (χ4n) is 1.35. The standard InChI is InChI=1S/C11H16ClNO2S/c1-8-4-5-10(16-8)11(14)13(2)6-9(12)7-15-3/h4-5,9H,6-7H2,1-3H3. The van der Waals surface area contributed by atoms with Gasteiger partial charge >= 0.3 is 0 Å². The highest BCUT2D eigenvalue weighted by Crippen LogP contribution is 2.17. The van der Waals surface area contributed by atoms with E-state index in [0.29, 0.717) is 13.2 Å². The Labute approximate surface area is 105 Å². The van der Waals surface area contributed by atoms with E-state index >= 15 is 0 Å². The van der Waals surface area contributed by atoms with Crippen molar-refractivity contribution in [2.75, 3.05) is 27.3 Å². The molecular formula is C11H16ClNO2S. The molecule has 0 aliphatic rings. The van der Waals surface area contributed by atoms with Crippen molar-refractivity contribution >= 4 is 28.8 Å². The fourth-order valence-corrected chi connectivity index (χ4v) is 2.55. The monoisotopic (exact) mass is 261 g/mol. The summed E-state index contributed by atoms with van der Waals surface area (Å²) in [6.07, 6.45) is 0. The van der Waals surface area contributed by atoms with Crippen molar-refractivity contribution in [3.05, 3.63) is 21.9 Å². The summed E-state index contributed by atoms with van der Waals surface area (Å²) in [5.41, 5.74) is 0.